The van der Waals surface area contributed by atoms with Gasteiger partial charge in [0.1, 0.15) is 5.15 Å². The van der Waals surface area contributed by atoms with E-state index >= 15 is 0 Å². The average molecular weight is 468 g/mol. The number of nitrogens with one attached hydrogen (secondary N) is 1. The second-order valence-electron chi connectivity index (χ2n) is 7.63. The summed E-state index contributed by atoms with van der Waals surface area (Å²) in [6.45, 7) is 5.42. The molecule has 0 bridgehead atoms. The average Bonchev–Trinajstić information content (AvgIpc) is 3.35. The second-order valence-corrected chi connectivity index (χ2v) is 8.99. The summed E-state index contributed by atoms with van der Waals surface area (Å²) in [7, 11) is 0. The minimum atomic E-state index is -0.274. The number of aryl methyl sites for hydroxylation is 1. The van der Waals surface area contributed by atoms with Crippen molar-refractivity contribution in [3.8, 4) is 0 Å². The first-order valence-electron chi connectivity index (χ1n) is 10.4. The molecule has 4 aromatic rings. The first-order chi connectivity index (χ1) is 15.6. The molecular weight excluding hydrogens is 446 g/mol. The van der Waals surface area contributed by atoms with Crippen LogP contribution in [0.5, 0.6) is 0 Å². The third-order valence-electron chi connectivity index (χ3n) is 5.38. The topological polar surface area (TPSA) is 72.3 Å². The molecule has 7 nitrogen and oxygen atoms in total. The number of anilines is 2. The van der Waals surface area contributed by atoms with Gasteiger partial charge in [0.15, 0.2) is 5.13 Å². The molecule has 1 amide bonds. The third-order valence-corrected chi connectivity index (χ3v) is 6.85. The number of morpholine rings is 1. The van der Waals surface area contributed by atoms with Crippen molar-refractivity contribution in [3.63, 3.8) is 0 Å². The van der Waals surface area contributed by atoms with Crippen molar-refractivity contribution < 1.29 is 9.53 Å². The van der Waals surface area contributed by atoms with Gasteiger partial charge < -0.3 is 15.0 Å². The van der Waals surface area contributed by atoms with Gasteiger partial charge >= 0.3 is 0 Å². The Kier molecular flexibility index (Phi) is 5.82. The highest BCUT2D eigenvalue weighted by atomic mass is 35.5. The van der Waals surface area contributed by atoms with Gasteiger partial charge in [-0.15, -0.1) is 0 Å². The van der Waals surface area contributed by atoms with Crippen LogP contribution in [0.1, 0.15) is 21.6 Å². The molecule has 0 saturated carbocycles. The lowest BCUT2D eigenvalue weighted by atomic mass is 10.2. The lowest BCUT2D eigenvalue weighted by molar-refractivity contribution is 0.102. The Hall–Kier alpha value is -2.94. The standard InChI is InChI=1S/C23H22ClN5O2S/c1-15-20(21(24)29(27-15)14-16-5-3-2-4-6-16)22(30)25-17-7-8-18-19(13-17)32-23(26-18)28-9-11-31-12-10-28/h2-8,13H,9-12,14H2,1H3,(H,25,30). The number of fused-ring (bicyclic) bond motifs is 1. The van der Waals surface area contributed by atoms with Gasteiger partial charge in [0, 0.05) is 18.8 Å². The Balaban J connectivity index is 1.35. The van der Waals surface area contributed by atoms with Crippen LogP contribution in [0.25, 0.3) is 10.2 Å². The summed E-state index contributed by atoms with van der Waals surface area (Å²) in [4.78, 5) is 20.0. The molecule has 0 atom stereocenters. The zero-order chi connectivity index (χ0) is 22.1. The van der Waals surface area contributed by atoms with Crippen LogP contribution < -0.4 is 10.2 Å². The molecule has 0 unspecified atom stereocenters. The van der Waals surface area contributed by atoms with Gasteiger partial charge in [0.05, 0.1) is 41.2 Å². The van der Waals surface area contributed by atoms with Crippen LogP contribution in [0.3, 0.4) is 0 Å². The number of hydrogen-bond acceptors (Lipinski definition) is 6. The van der Waals surface area contributed by atoms with Crippen molar-refractivity contribution in [1.29, 1.82) is 0 Å². The number of benzene rings is 2. The summed E-state index contributed by atoms with van der Waals surface area (Å²) in [5.74, 6) is -0.274. The van der Waals surface area contributed by atoms with E-state index in [2.05, 4.69) is 15.3 Å². The quantitative estimate of drug-likeness (QED) is 0.464. The van der Waals surface area contributed by atoms with Gasteiger partial charge in [-0.25, -0.2) is 9.67 Å². The molecule has 9 heteroatoms. The molecule has 1 fully saturated rings. The van der Waals surface area contributed by atoms with Crippen molar-refractivity contribution in [2.45, 2.75) is 13.5 Å². The Morgan fingerprint density at radius 3 is 2.75 bits per heavy atom. The zero-order valence-electron chi connectivity index (χ0n) is 17.5. The van der Waals surface area contributed by atoms with E-state index in [1.54, 1.807) is 22.9 Å². The number of halogens is 1. The maximum Gasteiger partial charge on any atom is 0.260 e. The molecule has 1 saturated heterocycles. The lowest BCUT2D eigenvalue weighted by Crippen LogP contribution is -2.36. The molecular formula is C23H22ClN5O2S. The Labute approximate surface area is 194 Å². The predicted octanol–water partition coefficient (Wildman–Crippen LogP) is 4.59. The molecule has 1 aliphatic rings. The number of rotatable bonds is 5. The van der Waals surface area contributed by atoms with Crippen molar-refractivity contribution in [1.82, 2.24) is 14.8 Å². The van der Waals surface area contributed by atoms with E-state index in [1.807, 2.05) is 48.5 Å². The molecule has 32 heavy (non-hydrogen) atoms. The van der Waals surface area contributed by atoms with E-state index in [9.17, 15) is 4.79 Å². The molecule has 164 valence electrons. The van der Waals surface area contributed by atoms with Gasteiger partial charge in [-0.2, -0.15) is 5.10 Å². The van der Waals surface area contributed by atoms with Gasteiger partial charge in [-0.3, -0.25) is 4.79 Å². The van der Waals surface area contributed by atoms with Crippen LogP contribution in [0.15, 0.2) is 48.5 Å². The van der Waals surface area contributed by atoms with Crippen LogP contribution in [0.4, 0.5) is 10.8 Å². The first-order valence-corrected chi connectivity index (χ1v) is 11.6. The van der Waals surface area contributed by atoms with Crippen molar-refractivity contribution in [3.05, 3.63) is 70.5 Å². The summed E-state index contributed by atoms with van der Waals surface area (Å²) >= 11 is 8.16. The normalized spacial score (nSPS) is 14.1. The zero-order valence-corrected chi connectivity index (χ0v) is 19.1. The minimum absolute atomic E-state index is 0.274. The minimum Gasteiger partial charge on any atom is -0.378 e. The molecule has 3 heterocycles. The summed E-state index contributed by atoms with van der Waals surface area (Å²) in [6.07, 6.45) is 0. The van der Waals surface area contributed by atoms with Crippen LogP contribution in [0, 0.1) is 6.92 Å². The van der Waals surface area contributed by atoms with Crippen molar-refractivity contribution in [2.24, 2.45) is 0 Å². The fraction of sp³-hybridized carbons (Fsp3) is 0.261. The van der Waals surface area contributed by atoms with Gasteiger partial charge in [-0.1, -0.05) is 53.3 Å². The largest absolute Gasteiger partial charge is 0.378 e. The van der Waals surface area contributed by atoms with Gasteiger partial charge in [0.25, 0.3) is 5.91 Å². The Morgan fingerprint density at radius 2 is 1.97 bits per heavy atom. The van der Waals surface area contributed by atoms with E-state index < -0.39 is 0 Å². The van der Waals surface area contributed by atoms with Gasteiger partial charge in [0.2, 0.25) is 0 Å². The molecule has 0 spiro atoms. The van der Waals surface area contributed by atoms with E-state index in [0.29, 0.717) is 28.6 Å². The lowest BCUT2D eigenvalue weighted by Gasteiger charge is -2.25. The number of carbonyl (C=O) groups excluding carboxylic acids is 1. The van der Waals surface area contributed by atoms with E-state index in [1.165, 1.54) is 0 Å². The summed E-state index contributed by atoms with van der Waals surface area (Å²) in [5.41, 5.74) is 3.67. The number of carbonyl (C=O) groups is 1. The Morgan fingerprint density at radius 1 is 1.19 bits per heavy atom. The smallest absolute Gasteiger partial charge is 0.260 e. The number of aromatic nitrogens is 3. The molecule has 2 aromatic heterocycles. The molecule has 0 radical (unpaired) electrons. The molecule has 1 N–H and O–H groups in total. The highest BCUT2D eigenvalue weighted by molar-refractivity contribution is 7.22. The summed E-state index contributed by atoms with van der Waals surface area (Å²) < 4.78 is 8.10. The summed E-state index contributed by atoms with van der Waals surface area (Å²) in [6, 6.07) is 15.6. The number of thiazole rings is 1. The fourth-order valence-corrected chi connectivity index (χ4v) is 5.12. The highest BCUT2D eigenvalue weighted by Crippen LogP contribution is 2.31. The monoisotopic (exact) mass is 467 g/mol. The number of hydrogen-bond donors (Lipinski definition) is 1. The fourth-order valence-electron chi connectivity index (χ4n) is 3.75. The summed E-state index contributed by atoms with van der Waals surface area (Å²) in [5, 5.41) is 8.75. The highest BCUT2D eigenvalue weighted by Gasteiger charge is 2.21. The third kappa shape index (κ3) is 4.21. The van der Waals surface area contributed by atoms with Crippen molar-refractivity contribution in [2.75, 3.05) is 36.5 Å². The number of ether oxygens (including phenoxy) is 1. The van der Waals surface area contributed by atoms with E-state index in [0.717, 1.165) is 47.2 Å². The van der Waals surface area contributed by atoms with Crippen LogP contribution in [0.2, 0.25) is 5.15 Å². The second kappa shape index (κ2) is 8.90. The molecule has 0 aliphatic carbocycles. The van der Waals surface area contributed by atoms with Crippen LogP contribution in [-0.2, 0) is 11.3 Å². The maximum atomic E-state index is 13.0. The number of nitrogens with zero attached hydrogens (tertiary/aromatic N) is 4. The molecule has 1 aliphatic heterocycles. The van der Waals surface area contributed by atoms with Crippen molar-refractivity contribution >= 4 is 49.9 Å². The van der Waals surface area contributed by atoms with E-state index in [4.69, 9.17) is 21.3 Å². The molecule has 5 rings (SSSR count). The first kappa shape index (κ1) is 20.9. The van der Waals surface area contributed by atoms with Crippen LogP contribution in [-0.4, -0.2) is 47.0 Å². The van der Waals surface area contributed by atoms with Crippen LogP contribution >= 0.6 is 22.9 Å². The molecule has 2 aromatic carbocycles. The number of amides is 1. The SMILES string of the molecule is Cc1nn(Cc2ccccc2)c(Cl)c1C(=O)Nc1ccc2nc(N3CCOCC3)sc2c1. The predicted molar refractivity (Wildman–Crippen MR) is 128 cm³/mol. The van der Waals surface area contributed by atoms with Gasteiger partial charge in [-0.05, 0) is 30.7 Å². The Bertz CT molecular complexity index is 1260. The maximum absolute atomic E-state index is 13.0. The van der Waals surface area contributed by atoms with E-state index in [-0.39, 0.29) is 5.91 Å².